The van der Waals surface area contributed by atoms with Crippen LogP contribution in [0.1, 0.15) is 36.1 Å². The van der Waals surface area contributed by atoms with Crippen LogP contribution < -0.4 is 9.47 Å². The molecule has 180 valence electrons. The van der Waals surface area contributed by atoms with E-state index in [9.17, 15) is 19.1 Å². The molecule has 0 unspecified atom stereocenters. The average Bonchev–Trinajstić information content (AvgIpc) is 3.12. The Bertz CT molecular complexity index is 1260. The molecule has 1 fully saturated rings. The van der Waals surface area contributed by atoms with Crippen molar-refractivity contribution in [2.24, 2.45) is 0 Å². The normalized spacial score (nSPS) is 17.0. The number of hydrogen-bond donors (Lipinski definition) is 1. The summed E-state index contributed by atoms with van der Waals surface area (Å²) in [7, 11) is 1.33. The first-order chi connectivity index (χ1) is 16.9. The molecule has 1 amide bonds. The summed E-state index contributed by atoms with van der Waals surface area (Å²) in [5.41, 5.74) is 1.27. The van der Waals surface area contributed by atoms with Crippen LogP contribution in [0.15, 0.2) is 72.6 Å². The Labute approximate surface area is 202 Å². The first-order valence-electron chi connectivity index (χ1n) is 11.2. The van der Waals surface area contributed by atoms with Crippen molar-refractivity contribution in [2.45, 2.75) is 25.9 Å². The molecule has 7 nitrogen and oxygen atoms in total. The van der Waals surface area contributed by atoms with Gasteiger partial charge in [0.15, 0.2) is 11.6 Å². The van der Waals surface area contributed by atoms with E-state index in [4.69, 9.17) is 9.47 Å². The highest BCUT2D eigenvalue weighted by atomic mass is 19.1. The lowest BCUT2D eigenvalue weighted by molar-refractivity contribution is -0.140. The van der Waals surface area contributed by atoms with E-state index in [1.54, 1.807) is 48.8 Å². The predicted molar refractivity (Wildman–Crippen MR) is 127 cm³/mol. The lowest BCUT2D eigenvalue weighted by atomic mass is 9.95. The van der Waals surface area contributed by atoms with Crippen molar-refractivity contribution in [3.63, 3.8) is 0 Å². The van der Waals surface area contributed by atoms with Gasteiger partial charge in [0, 0.05) is 24.5 Å². The maximum atomic E-state index is 14.4. The summed E-state index contributed by atoms with van der Waals surface area (Å²) >= 11 is 0. The van der Waals surface area contributed by atoms with Crippen LogP contribution in [-0.4, -0.2) is 40.4 Å². The summed E-state index contributed by atoms with van der Waals surface area (Å²) in [6, 6.07) is 13.5. The number of amides is 1. The fourth-order valence-corrected chi connectivity index (χ4v) is 4.01. The molecule has 1 aliphatic heterocycles. The Balaban J connectivity index is 1.81. The number of aromatic nitrogens is 1. The fourth-order valence-electron chi connectivity index (χ4n) is 4.01. The topological polar surface area (TPSA) is 89.0 Å². The van der Waals surface area contributed by atoms with Gasteiger partial charge in [0.05, 0.1) is 25.3 Å². The van der Waals surface area contributed by atoms with Crippen molar-refractivity contribution in [3.05, 3.63) is 95.1 Å². The largest absolute Gasteiger partial charge is 0.507 e. The molecule has 3 aromatic rings. The zero-order chi connectivity index (χ0) is 24.9. The first kappa shape index (κ1) is 23.9. The van der Waals surface area contributed by atoms with Crippen LogP contribution in [0.2, 0.25) is 0 Å². The molecule has 1 atom stereocenters. The zero-order valence-electron chi connectivity index (χ0n) is 19.4. The van der Waals surface area contributed by atoms with Gasteiger partial charge in [0.25, 0.3) is 11.7 Å². The van der Waals surface area contributed by atoms with Gasteiger partial charge in [-0.1, -0.05) is 25.1 Å². The Morgan fingerprint density at radius 2 is 1.91 bits per heavy atom. The molecule has 0 saturated carbocycles. The van der Waals surface area contributed by atoms with Gasteiger partial charge in [-0.2, -0.15) is 0 Å². The minimum Gasteiger partial charge on any atom is -0.507 e. The first-order valence-corrected chi connectivity index (χ1v) is 11.2. The van der Waals surface area contributed by atoms with E-state index in [0.717, 1.165) is 18.1 Å². The molecule has 1 N–H and O–H groups in total. The van der Waals surface area contributed by atoms with Crippen LogP contribution >= 0.6 is 0 Å². The second-order valence-corrected chi connectivity index (χ2v) is 8.06. The van der Waals surface area contributed by atoms with E-state index in [1.807, 2.05) is 6.92 Å². The number of likely N-dealkylation sites (tertiary alicyclic amines) is 1. The third kappa shape index (κ3) is 4.87. The van der Waals surface area contributed by atoms with E-state index in [0.29, 0.717) is 17.9 Å². The standard InChI is InChI=1S/C27H25FN2O5/c1-3-13-35-20-9-6-18(7-10-20)24-23(25(31)19-8-11-22(34-2)21(28)14-19)26(32)27(33)30(24)16-17-5-4-12-29-15-17/h4-12,14-15,24,31H,3,13,16H2,1-2H3/t24-/m0/s1. The molecule has 4 rings (SSSR count). The third-order valence-corrected chi connectivity index (χ3v) is 5.71. The molecule has 0 aliphatic carbocycles. The van der Waals surface area contributed by atoms with Crippen molar-refractivity contribution < 1.29 is 28.6 Å². The molecular weight excluding hydrogens is 451 g/mol. The molecule has 1 aromatic heterocycles. The SMILES string of the molecule is CCCOc1ccc([C@H]2C(=C(O)c3ccc(OC)c(F)c3)C(=O)C(=O)N2Cc2cccnc2)cc1. The molecule has 0 bridgehead atoms. The Morgan fingerprint density at radius 3 is 2.54 bits per heavy atom. The predicted octanol–water partition coefficient (Wildman–Crippen LogP) is 4.64. The number of aliphatic hydroxyl groups is 1. The number of benzene rings is 2. The molecule has 2 aromatic carbocycles. The van der Waals surface area contributed by atoms with Gasteiger partial charge in [0.2, 0.25) is 0 Å². The Kier molecular flexibility index (Phi) is 7.10. The number of ether oxygens (including phenoxy) is 2. The summed E-state index contributed by atoms with van der Waals surface area (Å²) < 4.78 is 24.9. The number of pyridine rings is 1. The third-order valence-electron chi connectivity index (χ3n) is 5.71. The number of rotatable bonds is 8. The zero-order valence-corrected chi connectivity index (χ0v) is 19.4. The summed E-state index contributed by atoms with van der Waals surface area (Å²) in [6.07, 6.45) is 4.07. The van der Waals surface area contributed by atoms with Crippen molar-refractivity contribution in [1.82, 2.24) is 9.88 Å². The van der Waals surface area contributed by atoms with Crippen molar-refractivity contribution in [1.29, 1.82) is 0 Å². The number of carbonyl (C=O) groups excluding carboxylic acids is 2. The van der Waals surface area contributed by atoms with Gasteiger partial charge in [-0.3, -0.25) is 14.6 Å². The van der Waals surface area contributed by atoms with Crippen LogP contribution in [0.25, 0.3) is 5.76 Å². The van der Waals surface area contributed by atoms with Crippen molar-refractivity contribution in [3.8, 4) is 11.5 Å². The summed E-state index contributed by atoms with van der Waals surface area (Å²) in [5, 5.41) is 11.1. The summed E-state index contributed by atoms with van der Waals surface area (Å²) in [6.45, 7) is 2.66. The molecule has 0 spiro atoms. The quantitative estimate of drug-likeness (QED) is 0.290. The number of aliphatic hydroxyl groups excluding tert-OH is 1. The van der Waals surface area contributed by atoms with Crippen LogP contribution in [0, 0.1) is 5.82 Å². The van der Waals surface area contributed by atoms with Gasteiger partial charge in [0.1, 0.15) is 11.5 Å². The molecular formula is C27H25FN2O5. The summed E-state index contributed by atoms with van der Waals surface area (Å²) in [4.78, 5) is 31.7. The lowest BCUT2D eigenvalue weighted by Gasteiger charge is -2.25. The smallest absolute Gasteiger partial charge is 0.295 e. The van der Waals surface area contributed by atoms with Crippen LogP contribution in [-0.2, 0) is 16.1 Å². The van der Waals surface area contributed by atoms with E-state index >= 15 is 0 Å². The summed E-state index contributed by atoms with van der Waals surface area (Å²) in [5.74, 6) is -2.13. The minimum absolute atomic E-state index is 0.00204. The van der Waals surface area contributed by atoms with E-state index in [2.05, 4.69) is 4.98 Å². The van der Waals surface area contributed by atoms with Gasteiger partial charge in [-0.25, -0.2) is 4.39 Å². The monoisotopic (exact) mass is 476 g/mol. The second kappa shape index (κ2) is 10.4. The molecule has 1 saturated heterocycles. The second-order valence-electron chi connectivity index (χ2n) is 8.06. The minimum atomic E-state index is -0.888. The highest BCUT2D eigenvalue weighted by Crippen LogP contribution is 2.41. The van der Waals surface area contributed by atoms with Crippen molar-refractivity contribution >= 4 is 17.4 Å². The van der Waals surface area contributed by atoms with Crippen LogP contribution in [0.4, 0.5) is 4.39 Å². The molecule has 1 aliphatic rings. The Morgan fingerprint density at radius 1 is 1.14 bits per heavy atom. The van der Waals surface area contributed by atoms with E-state index < -0.39 is 29.3 Å². The number of nitrogens with zero attached hydrogens (tertiary/aromatic N) is 2. The lowest BCUT2D eigenvalue weighted by Crippen LogP contribution is -2.29. The van der Waals surface area contributed by atoms with E-state index in [1.165, 1.54) is 24.1 Å². The fraction of sp³-hybridized carbons (Fsp3) is 0.222. The maximum Gasteiger partial charge on any atom is 0.295 e. The highest BCUT2D eigenvalue weighted by Gasteiger charge is 2.46. The van der Waals surface area contributed by atoms with Crippen LogP contribution in [0.3, 0.4) is 0 Å². The average molecular weight is 477 g/mol. The van der Waals surface area contributed by atoms with Crippen LogP contribution in [0.5, 0.6) is 11.5 Å². The number of Topliss-reactive ketones (excluding diaryl/α,β-unsaturated/α-hetero) is 1. The number of hydrogen-bond acceptors (Lipinski definition) is 6. The number of halogens is 1. The van der Waals surface area contributed by atoms with Gasteiger partial charge in [-0.15, -0.1) is 0 Å². The number of carbonyl (C=O) groups is 2. The number of methoxy groups -OCH3 is 1. The molecule has 0 radical (unpaired) electrons. The maximum absolute atomic E-state index is 14.4. The molecule has 35 heavy (non-hydrogen) atoms. The Hall–Kier alpha value is -4.20. The van der Waals surface area contributed by atoms with Gasteiger partial charge >= 0.3 is 0 Å². The van der Waals surface area contributed by atoms with Gasteiger partial charge in [-0.05, 0) is 53.9 Å². The molecule has 8 heteroatoms. The number of ketones is 1. The molecule has 2 heterocycles. The van der Waals surface area contributed by atoms with Gasteiger partial charge < -0.3 is 19.5 Å². The van der Waals surface area contributed by atoms with Crippen molar-refractivity contribution in [2.75, 3.05) is 13.7 Å². The highest BCUT2D eigenvalue weighted by molar-refractivity contribution is 6.46. The van der Waals surface area contributed by atoms with E-state index in [-0.39, 0.29) is 23.4 Å².